The van der Waals surface area contributed by atoms with E-state index in [2.05, 4.69) is 5.32 Å². The molecule has 0 aromatic heterocycles. The molecule has 1 nitrogen and oxygen atoms in total. The number of hydrogen-bond donors (Lipinski definition) is 1. The maximum Gasteiger partial charge on any atom is 0.128 e. The lowest BCUT2D eigenvalue weighted by Crippen LogP contribution is -2.19. The second-order valence-electron chi connectivity index (χ2n) is 4.09. The zero-order valence-electron chi connectivity index (χ0n) is 10.1. The van der Waals surface area contributed by atoms with E-state index in [1.165, 1.54) is 18.2 Å². The predicted molar refractivity (Wildman–Crippen MR) is 68.7 cm³/mol. The number of nitrogens with one attached hydrogen (secondary N) is 1. The summed E-state index contributed by atoms with van der Waals surface area (Å²) in [5.74, 6) is -1.91. The molecule has 1 atom stereocenters. The molecule has 19 heavy (non-hydrogen) atoms. The SMILES string of the molecule is CNC(c1cc(F)cc(F)c1)c1cc(Cl)ccc1F. The van der Waals surface area contributed by atoms with Crippen LogP contribution in [0.4, 0.5) is 13.2 Å². The standard InChI is InChI=1S/C14H11ClF3N/c1-19-14(8-4-10(16)7-11(17)5-8)12-6-9(15)2-3-13(12)18/h2-7,14,19H,1H3. The van der Waals surface area contributed by atoms with Crippen LogP contribution in [0.25, 0.3) is 0 Å². The third-order valence-corrected chi connectivity index (χ3v) is 3.01. The fourth-order valence-corrected chi connectivity index (χ4v) is 2.16. The monoisotopic (exact) mass is 285 g/mol. The van der Waals surface area contributed by atoms with Crippen LogP contribution in [0, 0.1) is 17.5 Å². The van der Waals surface area contributed by atoms with Gasteiger partial charge in [0.25, 0.3) is 0 Å². The Morgan fingerprint density at radius 1 is 1.00 bits per heavy atom. The fourth-order valence-electron chi connectivity index (χ4n) is 1.98. The molecule has 0 saturated carbocycles. The summed E-state index contributed by atoms with van der Waals surface area (Å²) in [5, 5.41) is 3.18. The van der Waals surface area contributed by atoms with Gasteiger partial charge in [0.2, 0.25) is 0 Å². The van der Waals surface area contributed by atoms with Crippen molar-refractivity contribution in [3.8, 4) is 0 Å². The highest BCUT2D eigenvalue weighted by Crippen LogP contribution is 2.27. The lowest BCUT2D eigenvalue weighted by Gasteiger charge is -2.18. The first-order chi connectivity index (χ1) is 9.01. The largest absolute Gasteiger partial charge is 0.309 e. The zero-order chi connectivity index (χ0) is 14.0. The predicted octanol–water partition coefficient (Wildman–Crippen LogP) is 4.07. The second-order valence-corrected chi connectivity index (χ2v) is 4.53. The molecule has 0 fully saturated rings. The summed E-state index contributed by atoms with van der Waals surface area (Å²) < 4.78 is 40.3. The van der Waals surface area contributed by atoms with E-state index in [4.69, 9.17) is 11.6 Å². The van der Waals surface area contributed by atoms with Gasteiger partial charge in [-0.05, 0) is 42.9 Å². The number of rotatable bonds is 3. The lowest BCUT2D eigenvalue weighted by molar-refractivity contribution is 0.556. The van der Waals surface area contributed by atoms with Crippen LogP contribution in [0.3, 0.4) is 0 Å². The number of halogens is 4. The minimum Gasteiger partial charge on any atom is -0.309 e. The van der Waals surface area contributed by atoms with Crippen molar-refractivity contribution in [2.24, 2.45) is 0 Å². The van der Waals surface area contributed by atoms with E-state index < -0.39 is 23.5 Å². The Hall–Kier alpha value is -1.52. The van der Waals surface area contributed by atoms with Crippen LogP contribution in [0.5, 0.6) is 0 Å². The average Bonchev–Trinajstić information content (AvgIpc) is 2.33. The van der Waals surface area contributed by atoms with E-state index in [9.17, 15) is 13.2 Å². The maximum atomic E-state index is 13.8. The fraction of sp³-hybridized carbons (Fsp3) is 0.143. The second kappa shape index (κ2) is 5.63. The van der Waals surface area contributed by atoms with E-state index in [0.717, 1.165) is 18.2 Å². The van der Waals surface area contributed by atoms with Gasteiger partial charge in [-0.2, -0.15) is 0 Å². The normalized spacial score (nSPS) is 12.5. The highest BCUT2D eigenvalue weighted by molar-refractivity contribution is 6.30. The molecule has 0 radical (unpaired) electrons. The summed E-state index contributed by atoms with van der Waals surface area (Å²) in [6, 6.07) is 6.47. The van der Waals surface area contributed by atoms with Crippen molar-refractivity contribution in [3.63, 3.8) is 0 Å². The van der Waals surface area contributed by atoms with Gasteiger partial charge in [0.15, 0.2) is 0 Å². The molecule has 100 valence electrons. The molecule has 2 aromatic rings. The third kappa shape index (κ3) is 3.08. The van der Waals surface area contributed by atoms with Crippen LogP contribution in [-0.4, -0.2) is 7.05 Å². The highest BCUT2D eigenvalue weighted by atomic mass is 35.5. The molecule has 1 N–H and O–H groups in total. The van der Waals surface area contributed by atoms with Gasteiger partial charge in [-0.3, -0.25) is 0 Å². The third-order valence-electron chi connectivity index (χ3n) is 2.78. The van der Waals surface area contributed by atoms with E-state index in [0.29, 0.717) is 10.6 Å². The molecular weight excluding hydrogens is 275 g/mol. The van der Waals surface area contributed by atoms with Crippen LogP contribution in [0.1, 0.15) is 17.2 Å². The molecule has 0 aliphatic heterocycles. The molecular formula is C14H11ClF3N. The summed E-state index contributed by atoms with van der Waals surface area (Å²) in [6.45, 7) is 0. The van der Waals surface area contributed by atoms with Crippen molar-refractivity contribution >= 4 is 11.6 Å². The number of hydrogen-bond acceptors (Lipinski definition) is 1. The maximum absolute atomic E-state index is 13.8. The molecule has 5 heteroatoms. The Kier molecular flexibility index (Phi) is 4.12. The van der Waals surface area contributed by atoms with Gasteiger partial charge < -0.3 is 5.32 Å². The van der Waals surface area contributed by atoms with Crippen molar-refractivity contribution in [3.05, 3.63) is 70.0 Å². The lowest BCUT2D eigenvalue weighted by atomic mass is 9.98. The molecule has 0 aliphatic carbocycles. The molecule has 0 saturated heterocycles. The zero-order valence-corrected chi connectivity index (χ0v) is 10.8. The summed E-state index contributed by atoms with van der Waals surface area (Å²) >= 11 is 5.83. The first-order valence-electron chi connectivity index (χ1n) is 5.59. The summed E-state index contributed by atoms with van der Waals surface area (Å²) in [7, 11) is 1.58. The molecule has 0 bridgehead atoms. The van der Waals surface area contributed by atoms with Gasteiger partial charge in [-0.25, -0.2) is 13.2 Å². The Morgan fingerprint density at radius 2 is 1.63 bits per heavy atom. The van der Waals surface area contributed by atoms with Crippen molar-refractivity contribution in [2.45, 2.75) is 6.04 Å². The average molecular weight is 286 g/mol. The van der Waals surface area contributed by atoms with Crippen LogP contribution >= 0.6 is 11.6 Å². The highest BCUT2D eigenvalue weighted by Gasteiger charge is 2.18. The molecule has 0 aliphatic rings. The smallest absolute Gasteiger partial charge is 0.128 e. The van der Waals surface area contributed by atoms with Gasteiger partial charge in [-0.15, -0.1) is 0 Å². The summed E-state index contributed by atoms with van der Waals surface area (Å²) in [5.41, 5.74) is 0.529. The Morgan fingerprint density at radius 3 is 2.21 bits per heavy atom. The van der Waals surface area contributed by atoms with Gasteiger partial charge in [0.05, 0.1) is 6.04 Å². The van der Waals surface area contributed by atoms with Gasteiger partial charge in [-0.1, -0.05) is 11.6 Å². The van der Waals surface area contributed by atoms with Crippen molar-refractivity contribution < 1.29 is 13.2 Å². The quantitative estimate of drug-likeness (QED) is 0.896. The summed E-state index contributed by atoms with van der Waals surface area (Å²) in [4.78, 5) is 0. The van der Waals surface area contributed by atoms with Crippen LogP contribution < -0.4 is 5.32 Å². The van der Waals surface area contributed by atoms with E-state index in [1.54, 1.807) is 7.05 Å². The molecule has 2 aromatic carbocycles. The van der Waals surface area contributed by atoms with Crippen molar-refractivity contribution in [1.29, 1.82) is 0 Å². The molecule has 0 heterocycles. The molecule has 1 unspecified atom stereocenters. The van der Waals surface area contributed by atoms with E-state index in [-0.39, 0.29) is 5.56 Å². The molecule has 0 amide bonds. The van der Waals surface area contributed by atoms with Crippen molar-refractivity contribution in [2.75, 3.05) is 7.05 Å². The van der Waals surface area contributed by atoms with E-state index >= 15 is 0 Å². The Bertz CT molecular complexity index is 581. The topological polar surface area (TPSA) is 12.0 Å². The minimum absolute atomic E-state index is 0.236. The van der Waals surface area contributed by atoms with Crippen molar-refractivity contribution in [1.82, 2.24) is 5.32 Å². The minimum atomic E-state index is -0.710. The Balaban J connectivity index is 2.52. The van der Waals surface area contributed by atoms with Gasteiger partial charge in [0.1, 0.15) is 17.5 Å². The number of benzene rings is 2. The Labute approximate surface area is 114 Å². The first kappa shape index (κ1) is 13.9. The van der Waals surface area contributed by atoms with E-state index in [1.807, 2.05) is 0 Å². The van der Waals surface area contributed by atoms with Crippen LogP contribution in [0.15, 0.2) is 36.4 Å². The molecule has 0 spiro atoms. The van der Waals surface area contributed by atoms with Gasteiger partial charge >= 0.3 is 0 Å². The molecule has 2 rings (SSSR count). The van der Waals surface area contributed by atoms with Gasteiger partial charge in [0, 0.05) is 16.7 Å². The van der Waals surface area contributed by atoms with Crippen LogP contribution in [0.2, 0.25) is 5.02 Å². The van der Waals surface area contributed by atoms with Crippen LogP contribution in [-0.2, 0) is 0 Å². The first-order valence-corrected chi connectivity index (χ1v) is 5.97. The summed E-state index contributed by atoms with van der Waals surface area (Å²) in [6.07, 6.45) is 0.